The molecule has 2 rings (SSSR count). The van der Waals surface area contributed by atoms with E-state index in [4.69, 9.17) is 4.74 Å². The number of halogens is 1. The molecule has 17 heavy (non-hydrogen) atoms. The van der Waals surface area contributed by atoms with Crippen molar-refractivity contribution in [1.29, 1.82) is 0 Å². The summed E-state index contributed by atoms with van der Waals surface area (Å²) in [5, 5.41) is 0.665. The molecule has 0 bridgehead atoms. The van der Waals surface area contributed by atoms with Gasteiger partial charge in [0.25, 0.3) is 5.56 Å². The smallest absolute Gasteiger partial charge is 0.261 e. The summed E-state index contributed by atoms with van der Waals surface area (Å²) in [6.45, 7) is 2.93. The van der Waals surface area contributed by atoms with Crippen molar-refractivity contribution in [2.45, 2.75) is 13.5 Å². The van der Waals surface area contributed by atoms with Crippen LogP contribution in [0.2, 0.25) is 0 Å². The summed E-state index contributed by atoms with van der Waals surface area (Å²) in [4.78, 5) is 16.5. The molecule has 4 nitrogen and oxygen atoms in total. The molecule has 0 N–H and O–H groups in total. The van der Waals surface area contributed by atoms with Crippen molar-refractivity contribution in [1.82, 2.24) is 9.55 Å². The normalized spacial score (nSPS) is 11.0. The summed E-state index contributed by atoms with van der Waals surface area (Å²) in [6.07, 6.45) is 1.57. The minimum atomic E-state index is -0.0224. The molecule has 0 aliphatic carbocycles. The van der Waals surface area contributed by atoms with Gasteiger partial charge >= 0.3 is 0 Å². The molecular formula is C12H13BrN2O2. The van der Waals surface area contributed by atoms with Crippen molar-refractivity contribution < 1.29 is 4.74 Å². The van der Waals surface area contributed by atoms with Crippen molar-refractivity contribution in [3.05, 3.63) is 38.9 Å². The Kier molecular flexibility index (Phi) is 3.59. The van der Waals surface area contributed by atoms with Crippen molar-refractivity contribution in [3.63, 3.8) is 0 Å². The van der Waals surface area contributed by atoms with Crippen molar-refractivity contribution >= 4 is 26.8 Å². The minimum Gasteiger partial charge on any atom is -0.383 e. The Balaban J connectivity index is 2.65. The first-order valence-corrected chi connectivity index (χ1v) is 6.07. The van der Waals surface area contributed by atoms with Gasteiger partial charge in [-0.1, -0.05) is 15.9 Å². The van der Waals surface area contributed by atoms with Crippen LogP contribution in [0.3, 0.4) is 0 Å². The van der Waals surface area contributed by atoms with Crippen LogP contribution in [0.5, 0.6) is 0 Å². The lowest BCUT2D eigenvalue weighted by atomic mass is 10.1. The molecule has 0 aliphatic rings. The second kappa shape index (κ2) is 4.98. The zero-order valence-corrected chi connectivity index (χ0v) is 11.3. The lowest BCUT2D eigenvalue weighted by Crippen LogP contribution is -2.23. The Morgan fingerprint density at radius 2 is 2.24 bits per heavy atom. The maximum Gasteiger partial charge on any atom is 0.261 e. The van der Waals surface area contributed by atoms with Gasteiger partial charge in [0.2, 0.25) is 0 Å². The van der Waals surface area contributed by atoms with Gasteiger partial charge in [-0.2, -0.15) is 0 Å². The molecule has 0 amide bonds. The van der Waals surface area contributed by atoms with Crippen LogP contribution in [0.4, 0.5) is 0 Å². The van der Waals surface area contributed by atoms with Gasteiger partial charge in [-0.25, -0.2) is 4.98 Å². The summed E-state index contributed by atoms with van der Waals surface area (Å²) in [5.41, 5.74) is 1.63. The molecule has 0 unspecified atom stereocenters. The molecule has 0 aliphatic heterocycles. The standard InChI is InChI=1S/C12H13BrN2O2/c1-8-9(13)3-4-10-11(8)12(16)15(7-14-10)5-6-17-2/h3-4,7H,5-6H2,1-2H3. The van der Waals surface area contributed by atoms with Crippen molar-refractivity contribution in [3.8, 4) is 0 Å². The van der Waals surface area contributed by atoms with Crippen LogP contribution < -0.4 is 5.56 Å². The lowest BCUT2D eigenvalue weighted by Gasteiger charge is -2.08. The number of fused-ring (bicyclic) bond motifs is 1. The predicted octanol–water partition coefficient (Wildman–Crippen LogP) is 2.11. The highest BCUT2D eigenvalue weighted by Crippen LogP contribution is 2.21. The van der Waals surface area contributed by atoms with Gasteiger partial charge in [-0.3, -0.25) is 9.36 Å². The third kappa shape index (κ3) is 2.25. The maximum absolute atomic E-state index is 12.3. The summed E-state index contributed by atoms with van der Waals surface area (Å²) >= 11 is 3.43. The number of ether oxygens (including phenoxy) is 1. The number of benzene rings is 1. The van der Waals surface area contributed by atoms with E-state index in [1.54, 1.807) is 18.0 Å². The molecule has 90 valence electrons. The molecule has 2 aromatic rings. The zero-order valence-electron chi connectivity index (χ0n) is 9.74. The number of nitrogens with zero attached hydrogens (tertiary/aromatic N) is 2. The maximum atomic E-state index is 12.3. The first-order chi connectivity index (χ1) is 8.15. The average Bonchev–Trinajstić information content (AvgIpc) is 2.33. The first-order valence-electron chi connectivity index (χ1n) is 5.28. The van der Waals surface area contributed by atoms with Gasteiger partial charge in [-0.15, -0.1) is 0 Å². The Hall–Kier alpha value is -1.20. The van der Waals surface area contributed by atoms with Gasteiger partial charge in [0.05, 0.1) is 30.4 Å². The Labute approximate surface area is 107 Å². The second-order valence-corrected chi connectivity index (χ2v) is 4.66. The summed E-state index contributed by atoms with van der Waals surface area (Å²) in [5.74, 6) is 0. The summed E-state index contributed by atoms with van der Waals surface area (Å²) < 4.78 is 7.47. The van der Waals surface area contributed by atoms with Crippen LogP contribution in [-0.2, 0) is 11.3 Å². The number of hydrogen-bond donors (Lipinski definition) is 0. The molecule has 0 saturated heterocycles. The van der Waals surface area contributed by atoms with Crippen LogP contribution in [0.25, 0.3) is 10.9 Å². The average molecular weight is 297 g/mol. The van der Waals surface area contributed by atoms with Crippen LogP contribution >= 0.6 is 15.9 Å². The Bertz CT molecular complexity index is 607. The highest BCUT2D eigenvalue weighted by Gasteiger charge is 2.08. The van der Waals surface area contributed by atoms with Gasteiger partial charge in [0.15, 0.2) is 0 Å². The van der Waals surface area contributed by atoms with Gasteiger partial charge < -0.3 is 4.74 Å². The molecular weight excluding hydrogens is 284 g/mol. The van der Waals surface area contributed by atoms with Gasteiger partial charge in [-0.05, 0) is 24.6 Å². The van der Waals surface area contributed by atoms with E-state index in [2.05, 4.69) is 20.9 Å². The van der Waals surface area contributed by atoms with E-state index in [-0.39, 0.29) is 5.56 Å². The van der Waals surface area contributed by atoms with Crippen LogP contribution in [0, 0.1) is 6.92 Å². The quantitative estimate of drug-likeness (QED) is 0.871. The van der Waals surface area contributed by atoms with E-state index in [1.807, 2.05) is 19.1 Å². The molecule has 0 atom stereocenters. The fraction of sp³-hybridized carbons (Fsp3) is 0.333. The third-order valence-electron chi connectivity index (χ3n) is 2.72. The van der Waals surface area contributed by atoms with E-state index in [9.17, 15) is 4.79 Å². The monoisotopic (exact) mass is 296 g/mol. The van der Waals surface area contributed by atoms with Crippen LogP contribution in [-0.4, -0.2) is 23.3 Å². The second-order valence-electron chi connectivity index (χ2n) is 3.80. The largest absolute Gasteiger partial charge is 0.383 e. The molecule has 0 fully saturated rings. The molecule has 0 radical (unpaired) electrons. The van der Waals surface area contributed by atoms with E-state index in [0.29, 0.717) is 18.5 Å². The number of rotatable bonds is 3. The highest BCUT2D eigenvalue weighted by molar-refractivity contribution is 9.10. The Morgan fingerprint density at radius 3 is 2.94 bits per heavy atom. The molecule has 0 saturated carbocycles. The molecule has 1 aromatic heterocycles. The number of hydrogen-bond acceptors (Lipinski definition) is 3. The zero-order chi connectivity index (χ0) is 12.4. The highest BCUT2D eigenvalue weighted by atomic mass is 79.9. The predicted molar refractivity (Wildman–Crippen MR) is 70.3 cm³/mol. The number of methoxy groups -OCH3 is 1. The van der Waals surface area contributed by atoms with Gasteiger partial charge in [0, 0.05) is 11.6 Å². The first kappa shape index (κ1) is 12.3. The van der Waals surface area contributed by atoms with E-state index >= 15 is 0 Å². The van der Waals surface area contributed by atoms with Crippen LogP contribution in [0.15, 0.2) is 27.7 Å². The number of aromatic nitrogens is 2. The number of aryl methyl sites for hydroxylation is 1. The van der Waals surface area contributed by atoms with Gasteiger partial charge in [0.1, 0.15) is 0 Å². The minimum absolute atomic E-state index is 0.0224. The van der Waals surface area contributed by atoms with E-state index < -0.39 is 0 Å². The lowest BCUT2D eigenvalue weighted by molar-refractivity contribution is 0.186. The Morgan fingerprint density at radius 1 is 1.47 bits per heavy atom. The van der Waals surface area contributed by atoms with Crippen LogP contribution in [0.1, 0.15) is 5.56 Å². The summed E-state index contributed by atoms with van der Waals surface area (Å²) in [6, 6.07) is 3.75. The molecule has 1 aromatic carbocycles. The van der Waals surface area contributed by atoms with Crippen molar-refractivity contribution in [2.24, 2.45) is 0 Å². The van der Waals surface area contributed by atoms with E-state index in [0.717, 1.165) is 15.6 Å². The van der Waals surface area contributed by atoms with E-state index in [1.165, 1.54) is 0 Å². The molecule has 0 spiro atoms. The fourth-order valence-electron chi connectivity index (χ4n) is 1.73. The SMILES string of the molecule is COCCn1cnc2ccc(Br)c(C)c2c1=O. The van der Waals surface area contributed by atoms with Crippen molar-refractivity contribution in [2.75, 3.05) is 13.7 Å². The molecule has 5 heteroatoms. The third-order valence-corrected chi connectivity index (χ3v) is 3.58. The topological polar surface area (TPSA) is 44.1 Å². The summed E-state index contributed by atoms with van der Waals surface area (Å²) in [7, 11) is 1.61. The molecule has 1 heterocycles. The fourth-order valence-corrected chi connectivity index (χ4v) is 2.06.